The summed E-state index contributed by atoms with van der Waals surface area (Å²) < 4.78 is 16.8. The average molecular weight is 436 g/mol. The minimum atomic E-state index is -0.704. The molecule has 1 aromatic carbocycles. The Morgan fingerprint density at radius 1 is 0.935 bits per heavy atom. The summed E-state index contributed by atoms with van der Waals surface area (Å²) >= 11 is 0. The van der Waals surface area contributed by atoms with E-state index in [1.165, 1.54) is 20.8 Å². The van der Waals surface area contributed by atoms with E-state index in [0.717, 1.165) is 30.6 Å². The Morgan fingerprint density at radius 2 is 1.55 bits per heavy atom. The van der Waals surface area contributed by atoms with Gasteiger partial charge in [0.1, 0.15) is 24.0 Å². The minimum Gasteiger partial charge on any atom is -0.494 e. The molecule has 7 nitrogen and oxygen atoms in total. The van der Waals surface area contributed by atoms with Gasteiger partial charge in [-0.3, -0.25) is 14.4 Å². The lowest BCUT2D eigenvalue weighted by molar-refractivity contribution is -0.159. The van der Waals surface area contributed by atoms with Crippen molar-refractivity contribution in [2.24, 2.45) is 5.92 Å². The highest BCUT2D eigenvalue weighted by molar-refractivity contribution is 5.74. The first-order valence-electron chi connectivity index (χ1n) is 11.0. The molecule has 1 rings (SSSR count). The molecule has 0 saturated carbocycles. The summed E-state index contributed by atoms with van der Waals surface area (Å²) in [6.45, 7) is 10.6. The van der Waals surface area contributed by atoms with Crippen molar-refractivity contribution in [3.63, 3.8) is 0 Å². The third-order valence-corrected chi connectivity index (χ3v) is 4.78. The monoisotopic (exact) mass is 435 g/mol. The highest BCUT2D eigenvalue weighted by atomic mass is 16.6. The normalized spacial score (nSPS) is 13.8. The smallest absolute Gasteiger partial charge is 0.302 e. The van der Waals surface area contributed by atoms with Gasteiger partial charge in [-0.25, -0.2) is 0 Å². The fourth-order valence-electron chi connectivity index (χ4n) is 3.39. The lowest BCUT2D eigenvalue weighted by Gasteiger charge is -2.35. The van der Waals surface area contributed by atoms with Crippen LogP contribution in [0.5, 0.6) is 5.75 Å². The Kier molecular flexibility index (Phi) is 11.7. The molecule has 3 atom stereocenters. The first-order chi connectivity index (χ1) is 14.6. The molecular formula is C24H37NO6. The van der Waals surface area contributed by atoms with Crippen LogP contribution in [0.15, 0.2) is 24.3 Å². The number of hydrogen-bond donors (Lipinski definition) is 1. The molecule has 31 heavy (non-hydrogen) atoms. The largest absolute Gasteiger partial charge is 0.494 e. The number of amides is 1. The maximum absolute atomic E-state index is 11.9. The van der Waals surface area contributed by atoms with Crippen molar-refractivity contribution in [3.05, 3.63) is 29.8 Å². The number of hydrogen-bond acceptors (Lipinski definition) is 6. The predicted molar refractivity (Wildman–Crippen MR) is 119 cm³/mol. The van der Waals surface area contributed by atoms with Gasteiger partial charge >= 0.3 is 11.9 Å². The van der Waals surface area contributed by atoms with E-state index in [1.54, 1.807) is 0 Å². The number of unbranched alkanes of at least 4 members (excludes halogenated alkanes) is 2. The van der Waals surface area contributed by atoms with Crippen molar-refractivity contribution in [1.29, 1.82) is 0 Å². The third kappa shape index (κ3) is 10.3. The molecule has 0 saturated heterocycles. The third-order valence-electron chi connectivity index (χ3n) is 4.78. The average Bonchev–Trinajstić information content (AvgIpc) is 2.67. The van der Waals surface area contributed by atoms with Gasteiger partial charge in [0.25, 0.3) is 0 Å². The van der Waals surface area contributed by atoms with Crippen LogP contribution >= 0.6 is 0 Å². The SMILES string of the molecule is CCCCCOc1ccc(CC(OC(C)=O)C(NC(C)=O)C(OC(C)=O)C(C)C)cc1. The summed E-state index contributed by atoms with van der Waals surface area (Å²) in [7, 11) is 0. The molecule has 1 N–H and O–H groups in total. The van der Waals surface area contributed by atoms with Crippen LogP contribution < -0.4 is 10.1 Å². The van der Waals surface area contributed by atoms with Gasteiger partial charge in [0.2, 0.25) is 5.91 Å². The van der Waals surface area contributed by atoms with Crippen LogP contribution in [0.25, 0.3) is 0 Å². The van der Waals surface area contributed by atoms with E-state index in [1.807, 2.05) is 38.1 Å². The summed E-state index contributed by atoms with van der Waals surface area (Å²) in [4.78, 5) is 35.4. The molecule has 1 aromatic rings. The fourth-order valence-corrected chi connectivity index (χ4v) is 3.39. The number of nitrogens with one attached hydrogen (secondary N) is 1. The molecule has 0 bridgehead atoms. The van der Waals surface area contributed by atoms with Crippen LogP contribution in [0.1, 0.15) is 66.4 Å². The number of rotatable bonds is 13. The number of carbonyl (C=O) groups is 3. The van der Waals surface area contributed by atoms with E-state index in [0.29, 0.717) is 13.0 Å². The molecule has 174 valence electrons. The summed E-state index contributed by atoms with van der Waals surface area (Å²) in [5.74, 6) is -0.544. The zero-order valence-electron chi connectivity index (χ0n) is 19.6. The maximum Gasteiger partial charge on any atom is 0.302 e. The van der Waals surface area contributed by atoms with Crippen molar-refractivity contribution in [2.75, 3.05) is 6.61 Å². The molecule has 0 aliphatic carbocycles. The van der Waals surface area contributed by atoms with E-state index in [4.69, 9.17) is 14.2 Å². The fraction of sp³-hybridized carbons (Fsp3) is 0.625. The van der Waals surface area contributed by atoms with Crippen molar-refractivity contribution in [3.8, 4) is 5.75 Å². The Morgan fingerprint density at radius 3 is 2.03 bits per heavy atom. The lowest BCUT2D eigenvalue weighted by atomic mass is 9.91. The Labute approximate surface area is 185 Å². The first kappa shape index (κ1) is 26.5. The van der Waals surface area contributed by atoms with E-state index in [2.05, 4.69) is 12.2 Å². The van der Waals surface area contributed by atoms with E-state index in [9.17, 15) is 14.4 Å². The van der Waals surface area contributed by atoms with Crippen LogP contribution in [0, 0.1) is 5.92 Å². The van der Waals surface area contributed by atoms with E-state index < -0.39 is 30.2 Å². The van der Waals surface area contributed by atoms with Crippen LogP contribution in [0.4, 0.5) is 0 Å². The molecule has 7 heteroatoms. The zero-order valence-corrected chi connectivity index (χ0v) is 19.6. The number of benzene rings is 1. The van der Waals surface area contributed by atoms with Crippen molar-refractivity contribution in [2.45, 2.75) is 85.5 Å². The summed E-state index contributed by atoms with van der Waals surface area (Å²) in [6.07, 6.45) is 2.28. The summed E-state index contributed by atoms with van der Waals surface area (Å²) in [6, 6.07) is 6.89. The quantitative estimate of drug-likeness (QED) is 0.374. The molecule has 0 fully saturated rings. The Hall–Kier alpha value is -2.57. The molecule has 0 heterocycles. The van der Waals surface area contributed by atoms with Crippen LogP contribution in [-0.4, -0.2) is 42.7 Å². The van der Waals surface area contributed by atoms with Crippen molar-refractivity contribution < 1.29 is 28.6 Å². The van der Waals surface area contributed by atoms with Crippen LogP contribution in [0.2, 0.25) is 0 Å². The topological polar surface area (TPSA) is 90.9 Å². The van der Waals surface area contributed by atoms with Crippen LogP contribution in [0.3, 0.4) is 0 Å². The number of ether oxygens (including phenoxy) is 3. The molecule has 0 aliphatic heterocycles. The van der Waals surface area contributed by atoms with Crippen LogP contribution in [-0.2, 0) is 30.3 Å². The van der Waals surface area contributed by atoms with E-state index in [-0.39, 0.29) is 11.8 Å². The van der Waals surface area contributed by atoms with Gasteiger partial charge in [-0.2, -0.15) is 0 Å². The zero-order chi connectivity index (χ0) is 23.4. The Bertz CT molecular complexity index is 701. The second-order valence-corrected chi connectivity index (χ2v) is 8.10. The summed E-state index contributed by atoms with van der Waals surface area (Å²) in [5.41, 5.74) is 0.910. The lowest BCUT2D eigenvalue weighted by Crippen LogP contribution is -2.55. The number of esters is 2. The first-order valence-corrected chi connectivity index (χ1v) is 11.0. The van der Waals surface area contributed by atoms with Crippen molar-refractivity contribution >= 4 is 17.8 Å². The summed E-state index contributed by atoms with van der Waals surface area (Å²) in [5, 5.41) is 2.83. The minimum absolute atomic E-state index is 0.0993. The molecule has 1 amide bonds. The standard InChI is InChI=1S/C24H37NO6/c1-7-8-9-14-29-21-12-10-20(11-13-21)15-22(30-18(5)27)23(25-17(4)26)24(16(2)3)31-19(6)28/h10-13,16,22-24H,7-9,14-15H2,1-6H3,(H,25,26). The van der Waals surface area contributed by atoms with Gasteiger partial charge in [-0.05, 0) is 30.0 Å². The molecule has 0 aromatic heterocycles. The second-order valence-electron chi connectivity index (χ2n) is 8.10. The molecular weight excluding hydrogens is 398 g/mol. The van der Waals surface area contributed by atoms with Gasteiger partial charge in [-0.1, -0.05) is 45.7 Å². The maximum atomic E-state index is 11.9. The number of carbonyl (C=O) groups excluding carboxylic acids is 3. The van der Waals surface area contributed by atoms with Gasteiger partial charge in [0, 0.05) is 27.2 Å². The van der Waals surface area contributed by atoms with Gasteiger partial charge in [-0.15, -0.1) is 0 Å². The van der Waals surface area contributed by atoms with Gasteiger partial charge in [0.15, 0.2) is 0 Å². The molecule has 0 radical (unpaired) electrons. The molecule has 0 aliphatic rings. The second kappa shape index (κ2) is 13.7. The predicted octanol–water partition coefficient (Wildman–Crippen LogP) is 3.82. The van der Waals surface area contributed by atoms with Gasteiger partial charge < -0.3 is 19.5 Å². The van der Waals surface area contributed by atoms with E-state index >= 15 is 0 Å². The molecule has 0 spiro atoms. The Balaban J connectivity index is 3.05. The highest BCUT2D eigenvalue weighted by Gasteiger charge is 2.36. The molecule has 3 unspecified atom stereocenters. The van der Waals surface area contributed by atoms with Crippen molar-refractivity contribution in [1.82, 2.24) is 5.32 Å². The highest BCUT2D eigenvalue weighted by Crippen LogP contribution is 2.21. The van der Waals surface area contributed by atoms with Gasteiger partial charge in [0.05, 0.1) is 6.61 Å².